The van der Waals surface area contributed by atoms with Gasteiger partial charge in [-0.15, -0.1) is 11.3 Å². The third-order valence-electron chi connectivity index (χ3n) is 4.95. The van der Waals surface area contributed by atoms with Crippen LogP contribution in [0.25, 0.3) is 0 Å². The van der Waals surface area contributed by atoms with Crippen LogP contribution in [0.15, 0.2) is 10.4 Å². The molecule has 2 saturated heterocycles. The lowest BCUT2D eigenvalue weighted by atomic mass is 9.87. The van der Waals surface area contributed by atoms with Crippen LogP contribution in [0.3, 0.4) is 0 Å². The first kappa shape index (κ1) is 17.7. The summed E-state index contributed by atoms with van der Waals surface area (Å²) in [6, 6.07) is 0. The second-order valence-corrected chi connectivity index (χ2v) is 8.18. The van der Waals surface area contributed by atoms with Crippen LogP contribution in [0.2, 0.25) is 0 Å². The smallest absolute Gasteiger partial charge is 0.193 e. The average molecular weight is 351 g/mol. The number of likely N-dealkylation sites (tertiary alicyclic amines) is 1. The molecule has 3 heterocycles. The number of aromatic nitrogens is 1. The highest BCUT2D eigenvalue weighted by molar-refractivity contribution is 7.09. The van der Waals surface area contributed by atoms with E-state index in [4.69, 9.17) is 14.7 Å². The molecule has 0 amide bonds. The van der Waals surface area contributed by atoms with Gasteiger partial charge in [0, 0.05) is 55.9 Å². The Morgan fingerprint density at radius 2 is 2.38 bits per heavy atom. The summed E-state index contributed by atoms with van der Waals surface area (Å²) in [7, 11) is 0. The predicted octanol–water partition coefficient (Wildman–Crippen LogP) is 2.89. The Morgan fingerprint density at radius 1 is 1.50 bits per heavy atom. The first-order valence-corrected chi connectivity index (χ1v) is 10.1. The van der Waals surface area contributed by atoms with Crippen molar-refractivity contribution < 1.29 is 4.74 Å². The van der Waals surface area contributed by atoms with E-state index < -0.39 is 0 Å². The minimum absolute atomic E-state index is 0.372. The highest BCUT2D eigenvalue weighted by atomic mass is 32.1. The molecule has 1 aromatic rings. The van der Waals surface area contributed by atoms with Crippen molar-refractivity contribution in [1.29, 1.82) is 0 Å². The Bertz CT molecular complexity index is 563. The summed E-state index contributed by atoms with van der Waals surface area (Å²) >= 11 is 1.77. The van der Waals surface area contributed by atoms with Crippen LogP contribution < -0.4 is 5.32 Å². The first-order chi connectivity index (χ1) is 11.6. The number of nitrogens with zero attached hydrogens (tertiary/aromatic N) is 3. The number of aliphatic imine (C=N–C) groups is 1. The molecule has 134 valence electrons. The van der Waals surface area contributed by atoms with E-state index in [2.05, 4.69) is 36.4 Å². The largest absolute Gasteiger partial charge is 0.381 e. The second kappa shape index (κ2) is 7.83. The van der Waals surface area contributed by atoms with E-state index in [9.17, 15) is 0 Å². The molecule has 2 aliphatic heterocycles. The molecule has 6 heteroatoms. The van der Waals surface area contributed by atoms with Gasteiger partial charge in [-0.2, -0.15) is 0 Å². The summed E-state index contributed by atoms with van der Waals surface area (Å²) in [6.45, 7) is 12.2. The van der Waals surface area contributed by atoms with E-state index in [-0.39, 0.29) is 0 Å². The van der Waals surface area contributed by atoms with Crippen molar-refractivity contribution in [3.63, 3.8) is 0 Å². The molecular formula is C18H30N4OS. The second-order valence-electron chi connectivity index (χ2n) is 7.29. The Balaban J connectivity index is 1.57. The van der Waals surface area contributed by atoms with E-state index in [0.717, 1.165) is 51.8 Å². The van der Waals surface area contributed by atoms with Crippen LogP contribution in [-0.2, 0) is 11.2 Å². The molecule has 0 saturated carbocycles. The van der Waals surface area contributed by atoms with Crippen molar-refractivity contribution in [1.82, 2.24) is 15.2 Å². The zero-order chi connectivity index (χ0) is 17.0. The monoisotopic (exact) mass is 350 g/mol. The number of nitrogens with one attached hydrogen (secondary N) is 1. The summed E-state index contributed by atoms with van der Waals surface area (Å²) in [6.07, 6.45) is 3.33. The summed E-state index contributed by atoms with van der Waals surface area (Å²) in [5, 5.41) is 6.86. The van der Waals surface area contributed by atoms with E-state index in [1.54, 1.807) is 11.3 Å². The van der Waals surface area contributed by atoms with Gasteiger partial charge in [0.2, 0.25) is 0 Å². The topological polar surface area (TPSA) is 49.8 Å². The molecule has 1 unspecified atom stereocenters. The minimum atomic E-state index is 0.372. The van der Waals surface area contributed by atoms with Gasteiger partial charge in [-0.3, -0.25) is 4.99 Å². The Labute approximate surface area is 149 Å². The summed E-state index contributed by atoms with van der Waals surface area (Å²) in [5.74, 6) is 1.57. The molecule has 1 N–H and O–H groups in total. The Morgan fingerprint density at radius 3 is 3.04 bits per heavy atom. The Hall–Kier alpha value is -1.14. The molecule has 0 aromatic carbocycles. The SMILES string of the molecule is CCNC(=NCCc1csc(C(C)C)n1)N1CCC2(CCOC2)C1. The normalized spacial score (nSPS) is 24.5. The van der Waals surface area contributed by atoms with Crippen molar-refractivity contribution in [2.75, 3.05) is 39.4 Å². The van der Waals surface area contributed by atoms with Gasteiger partial charge in [0.25, 0.3) is 0 Å². The minimum Gasteiger partial charge on any atom is -0.381 e. The molecule has 0 bridgehead atoms. The zero-order valence-electron chi connectivity index (χ0n) is 15.2. The van der Waals surface area contributed by atoms with Crippen molar-refractivity contribution in [3.8, 4) is 0 Å². The van der Waals surface area contributed by atoms with Crippen LogP contribution >= 0.6 is 11.3 Å². The van der Waals surface area contributed by atoms with E-state index >= 15 is 0 Å². The predicted molar refractivity (Wildman–Crippen MR) is 99.9 cm³/mol. The standard InChI is InChI=1S/C18H30N4OS/c1-4-19-17(22-9-6-18(12-22)7-10-23-13-18)20-8-5-15-11-24-16(21-15)14(2)3/h11,14H,4-10,12-13H2,1-3H3,(H,19,20). The van der Waals surface area contributed by atoms with Crippen molar-refractivity contribution in [3.05, 3.63) is 16.1 Å². The highest BCUT2D eigenvalue weighted by Crippen LogP contribution is 2.38. The fraction of sp³-hybridized carbons (Fsp3) is 0.778. The third kappa shape index (κ3) is 4.09. The quantitative estimate of drug-likeness (QED) is 0.655. The van der Waals surface area contributed by atoms with Gasteiger partial charge in [0.15, 0.2) is 5.96 Å². The first-order valence-electron chi connectivity index (χ1n) is 9.17. The molecule has 1 aromatic heterocycles. The molecule has 1 spiro atoms. The van der Waals surface area contributed by atoms with Gasteiger partial charge in [0.05, 0.1) is 17.3 Å². The maximum atomic E-state index is 5.64. The van der Waals surface area contributed by atoms with Crippen LogP contribution in [0, 0.1) is 5.41 Å². The molecule has 24 heavy (non-hydrogen) atoms. The number of hydrogen-bond acceptors (Lipinski definition) is 4. The highest BCUT2D eigenvalue weighted by Gasteiger charge is 2.42. The van der Waals surface area contributed by atoms with Gasteiger partial charge in [0.1, 0.15) is 0 Å². The maximum Gasteiger partial charge on any atom is 0.193 e. The lowest BCUT2D eigenvalue weighted by Crippen LogP contribution is -2.41. The van der Waals surface area contributed by atoms with E-state index in [1.165, 1.54) is 23.5 Å². The van der Waals surface area contributed by atoms with Crippen molar-refractivity contribution >= 4 is 17.3 Å². The molecule has 5 nitrogen and oxygen atoms in total. The number of thiazole rings is 1. The van der Waals surface area contributed by atoms with Gasteiger partial charge < -0.3 is 15.0 Å². The molecule has 0 aliphatic carbocycles. The zero-order valence-corrected chi connectivity index (χ0v) is 16.0. The summed E-state index contributed by atoms with van der Waals surface area (Å²) < 4.78 is 5.64. The fourth-order valence-electron chi connectivity index (χ4n) is 3.49. The number of rotatable bonds is 5. The van der Waals surface area contributed by atoms with Gasteiger partial charge >= 0.3 is 0 Å². The van der Waals surface area contributed by atoms with E-state index in [1.807, 2.05) is 0 Å². The number of guanidine groups is 1. The van der Waals surface area contributed by atoms with Gasteiger partial charge in [-0.25, -0.2) is 4.98 Å². The molecular weight excluding hydrogens is 320 g/mol. The van der Waals surface area contributed by atoms with Crippen LogP contribution in [-0.4, -0.2) is 55.2 Å². The van der Waals surface area contributed by atoms with Crippen LogP contribution in [0.5, 0.6) is 0 Å². The summed E-state index contributed by atoms with van der Waals surface area (Å²) in [4.78, 5) is 12.0. The number of hydrogen-bond donors (Lipinski definition) is 1. The van der Waals surface area contributed by atoms with Crippen molar-refractivity contribution in [2.24, 2.45) is 10.4 Å². The fourth-order valence-corrected chi connectivity index (χ4v) is 4.36. The molecule has 1 atom stereocenters. The lowest BCUT2D eigenvalue weighted by molar-refractivity contribution is 0.156. The molecule has 2 fully saturated rings. The third-order valence-corrected chi connectivity index (χ3v) is 6.14. The molecule has 3 rings (SSSR count). The van der Waals surface area contributed by atoms with Crippen molar-refractivity contribution in [2.45, 2.75) is 46.0 Å². The summed E-state index contributed by atoms with van der Waals surface area (Å²) in [5.41, 5.74) is 1.54. The number of ether oxygens (including phenoxy) is 1. The molecule has 2 aliphatic rings. The van der Waals surface area contributed by atoms with Crippen LogP contribution in [0.4, 0.5) is 0 Å². The molecule has 0 radical (unpaired) electrons. The van der Waals surface area contributed by atoms with E-state index in [0.29, 0.717) is 11.3 Å². The Kier molecular flexibility index (Phi) is 5.76. The lowest BCUT2D eigenvalue weighted by Gasteiger charge is -2.24. The maximum absolute atomic E-state index is 5.64. The van der Waals surface area contributed by atoms with Gasteiger partial charge in [-0.05, 0) is 19.8 Å². The average Bonchev–Trinajstić information content (AvgIpc) is 3.29. The van der Waals surface area contributed by atoms with Gasteiger partial charge in [-0.1, -0.05) is 13.8 Å². The van der Waals surface area contributed by atoms with Crippen LogP contribution in [0.1, 0.15) is 50.2 Å².